The van der Waals surface area contributed by atoms with Gasteiger partial charge in [0, 0.05) is 17.3 Å². The van der Waals surface area contributed by atoms with Gasteiger partial charge in [0.2, 0.25) is 0 Å². The number of amides is 3. The number of carboxylic acids is 1. The number of anilines is 1. The number of nitrogens with one attached hydrogen (secondary N) is 2. The van der Waals surface area contributed by atoms with Crippen molar-refractivity contribution in [3.05, 3.63) is 79.8 Å². The summed E-state index contributed by atoms with van der Waals surface area (Å²) >= 11 is 24.2. The molecule has 3 amide bonds. The molecule has 3 aromatic rings. The lowest BCUT2D eigenvalue weighted by atomic mass is 10.1. The van der Waals surface area contributed by atoms with Crippen molar-refractivity contribution in [1.82, 2.24) is 10.4 Å². The van der Waals surface area contributed by atoms with Gasteiger partial charge in [0.25, 0.3) is 5.91 Å². The molecule has 1 saturated heterocycles. The van der Waals surface area contributed by atoms with Crippen molar-refractivity contribution >= 4 is 92.8 Å². The Morgan fingerprint density at radius 3 is 2.49 bits per heavy atom. The molecule has 4 rings (SSSR count). The highest BCUT2D eigenvalue weighted by molar-refractivity contribution is 8.26. The SMILES string of the molecule is O=C(Nc1ccc(Cl)c(Cl)c1)NN1C(=O)/C(=C/c2ccc(-c3cc(C(=O)O)ccc3Cl)o2)SC1=S. The normalized spacial score (nSPS) is 14.5. The van der Waals surface area contributed by atoms with Crippen LogP contribution in [0.25, 0.3) is 17.4 Å². The summed E-state index contributed by atoms with van der Waals surface area (Å²) in [5, 5.41) is 13.6. The molecular formula is C22H12Cl3N3O5S2. The number of halogens is 3. The number of aromatic carboxylic acids is 1. The Balaban J connectivity index is 1.48. The molecular weight excluding hydrogens is 557 g/mol. The lowest BCUT2D eigenvalue weighted by molar-refractivity contribution is -0.123. The number of thiocarbonyl (C=S) groups is 1. The van der Waals surface area contributed by atoms with E-state index in [1.807, 2.05) is 0 Å². The highest BCUT2D eigenvalue weighted by Crippen LogP contribution is 2.34. The van der Waals surface area contributed by atoms with Crippen LogP contribution in [-0.2, 0) is 4.79 Å². The quantitative estimate of drug-likeness (QED) is 0.237. The minimum absolute atomic E-state index is 0.0495. The van der Waals surface area contributed by atoms with Crippen LogP contribution in [0.5, 0.6) is 0 Å². The van der Waals surface area contributed by atoms with Crippen LogP contribution in [0, 0.1) is 0 Å². The first-order chi connectivity index (χ1) is 16.6. The lowest BCUT2D eigenvalue weighted by Gasteiger charge is -2.16. The van der Waals surface area contributed by atoms with Crippen molar-refractivity contribution in [2.75, 3.05) is 5.32 Å². The number of furan rings is 1. The fourth-order valence-corrected chi connectivity index (χ4v) is 4.62. The zero-order valence-corrected chi connectivity index (χ0v) is 21.1. The van der Waals surface area contributed by atoms with Gasteiger partial charge in [-0.15, -0.1) is 0 Å². The first kappa shape index (κ1) is 25.1. The van der Waals surface area contributed by atoms with Gasteiger partial charge < -0.3 is 14.8 Å². The molecule has 0 unspecified atom stereocenters. The van der Waals surface area contributed by atoms with Gasteiger partial charge in [-0.2, -0.15) is 5.01 Å². The topological polar surface area (TPSA) is 112 Å². The third-order valence-corrected chi connectivity index (χ3v) is 6.93. The van der Waals surface area contributed by atoms with Crippen LogP contribution in [0.4, 0.5) is 10.5 Å². The van der Waals surface area contributed by atoms with Crippen LogP contribution in [0.15, 0.2) is 57.9 Å². The largest absolute Gasteiger partial charge is 0.478 e. The van der Waals surface area contributed by atoms with E-state index in [-0.39, 0.29) is 19.8 Å². The zero-order valence-electron chi connectivity index (χ0n) is 17.2. The van der Waals surface area contributed by atoms with Crippen LogP contribution in [0.2, 0.25) is 15.1 Å². The highest BCUT2D eigenvalue weighted by atomic mass is 35.5. The van der Waals surface area contributed by atoms with E-state index < -0.39 is 17.9 Å². The number of nitrogens with zero attached hydrogens (tertiary/aromatic N) is 1. The van der Waals surface area contributed by atoms with E-state index in [0.29, 0.717) is 32.8 Å². The fraction of sp³-hybridized carbons (Fsp3) is 0. The fourth-order valence-electron chi connectivity index (χ4n) is 2.95. The monoisotopic (exact) mass is 567 g/mol. The van der Waals surface area contributed by atoms with Crippen LogP contribution in [0.1, 0.15) is 16.1 Å². The predicted molar refractivity (Wildman–Crippen MR) is 140 cm³/mol. The summed E-state index contributed by atoms with van der Waals surface area (Å²) in [4.78, 5) is 36.6. The molecule has 0 atom stereocenters. The molecule has 178 valence electrons. The summed E-state index contributed by atoms with van der Waals surface area (Å²) in [6, 6.07) is 11.2. The van der Waals surface area contributed by atoms with Crippen molar-refractivity contribution in [2.24, 2.45) is 0 Å². The number of carbonyl (C=O) groups excluding carboxylic acids is 2. The number of thioether (sulfide) groups is 1. The molecule has 13 heteroatoms. The van der Waals surface area contributed by atoms with Gasteiger partial charge in [-0.3, -0.25) is 4.79 Å². The van der Waals surface area contributed by atoms with Crippen LogP contribution in [-0.4, -0.2) is 32.3 Å². The Hall–Kier alpha value is -3.02. The Morgan fingerprint density at radius 1 is 1.03 bits per heavy atom. The predicted octanol–water partition coefficient (Wildman–Crippen LogP) is 6.54. The van der Waals surface area contributed by atoms with Gasteiger partial charge in [0.1, 0.15) is 11.5 Å². The third kappa shape index (κ3) is 5.63. The number of carbonyl (C=O) groups is 3. The van der Waals surface area contributed by atoms with Gasteiger partial charge in [-0.05, 0) is 60.7 Å². The first-order valence-electron chi connectivity index (χ1n) is 9.56. The molecule has 1 fully saturated rings. The van der Waals surface area contributed by atoms with Crippen molar-refractivity contribution in [1.29, 1.82) is 0 Å². The van der Waals surface area contributed by atoms with E-state index >= 15 is 0 Å². The second-order valence-corrected chi connectivity index (χ2v) is 9.81. The van der Waals surface area contributed by atoms with Crippen molar-refractivity contribution < 1.29 is 23.9 Å². The Bertz CT molecular complexity index is 1420. The molecule has 1 aliphatic heterocycles. The first-order valence-corrected chi connectivity index (χ1v) is 11.9. The van der Waals surface area contributed by atoms with E-state index in [2.05, 4.69) is 10.7 Å². The third-order valence-electron chi connectivity index (χ3n) is 4.56. The number of urea groups is 1. The highest BCUT2D eigenvalue weighted by Gasteiger charge is 2.34. The van der Waals surface area contributed by atoms with Crippen LogP contribution < -0.4 is 10.7 Å². The van der Waals surface area contributed by atoms with Crippen molar-refractivity contribution in [3.8, 4) is 11.3 Å². The summed E-state index contributed by atoms with van der Waals surface area (Å²) < 4.78 is 5.85. The molecule has 3 N–H and O–H groups in total. The molecule has 2 aromatic carbocycles. The Kier molecular flexibility index (Phi) is 7.39. The lowest BCUT2D eigenvalue weighted by Crippen LogP contribution is -2.46. The standard InChI is InChI=1S/C22H12Cl3N3O5S2/c23-14-4-1-10(20(30)31)7-13(14)17-6-3-12(33-17)9-18-19(29)28(22(34)35-18)27-21(32)26-11-2-5-15(24)16(25)8-11/h1-9H,(H,30,31)(H2,26,27,32)/b18-9-. The van der Waals surface area contributed by atoms with Crippen molar-refractivity contribution in [2.45, 2.75) is 0 Å². The van der Waals surface area contributed by atoms with E-state index in [4.69, 9.17) is 51.4 Å². The number of hydrogen-bond acceptors (Lipinski definition) is 6. The Labute approximate surface area is 222 Å². The molecule has 2 heterocycles. The minimum Gasteiger partial charge on any atom is -0.478 e. The summed E-state index contributed by atoms with van der Waals surface area (Å²) in [5.41, 5.74) is 3.19. The van der Waals surface area contributed by atoms with Crippen LogP contribution in [0.3, 0.4) is 0 Å². The molecule has 0 spiro atoms. The number of carboxylic acid groups (broad SMARTS) is 1. The maximum absolute atomic E-state index is 12.8. The van der Waals surface area contributed by atoms with E-state index in [0.717, 1.165) is 16.8 Å². The number of hydrazine groups is 1. The number of hydrogen-bond donors (Lipinski definition) is 3. The van der Waals surface area contributed by atoms with Gasteiger partial charge >= 0.3 is 12.0 Å². The Morgan fingerprint density at radius 2 is 1.77 bits per heavy atom. The molecule has 0 radical (unpaired) electrons. The van der Waals surface area contributed by atoms with Gasteiger partial charge in [0.05, 0.1) is 25.5 Å². The maximum Gasteiger partial charge on any atom is 0.338 e. The van der Waals surface area contributed by atoms with Gasteiger partial charge in [-0.1, -0.05) is 46.6 Å². The van der Waals surface area contributed by atoms with Gasteiger partial charge in [-0.25, -0.2) is 15.0 Å². The second-order valence-electron chi connectivity index (χ2n) is 6.91. The maximum atomic E-state index is 12.8. The molecule has 1 aliphatic rings. The molecule has 0 aliphatic carbocycles. The molecule has 0 saturated carbocycles. The van der Waals surface area contributed by atoms with E-state index in [9.17, 15) is 19.5 Å². The number of rotatable bonds is 5. The second kappa shape index (κ2) is 10.3. The average Bonchev–Trinajstić information content (AvgIpc) is 3.36. The molecule has 1 aromatic heterocycles. The summed E-state index contributed by atoms with van der Waals surface area (Å²) in [5.74, 6) is -1.04. The van der Waals surface area contributed by atoms with E-state index in [1.165, 1.54) is 36.4 Å². The van der Waals surface area contributed by atoms with Crippen molar-refractivity contribution in [3.63, 3.8) is 0 Å². The van der Waals surface area contributed by atoms with E-state index in [1.54, 1.807) is 18.2 Å². The smallest absolute Gasteiger partial charge is 0.338 e. The molecule has 8 nitrogen and oxygen atoms in total. The molecule has 35 heavy (non-hydrogen) atoms. The average molecular weight is 569 g/mol. The zero-order chi connectivity index (χ0) is 25.3. The summed E-state index contributed by atoms with van der Waals surface area (Å²) in [6.45, 7) is 0. The minimum atomic E-state index is -1.10. The van der Waals surface area contributed by atoms with Gasteiger partial charge in [0.15, 0.2) is 4.32 Å². The number of benzene rings is 2. The molecule has 0 bridgehead atoms. The summed E-state index contributed by atoms with van der Waals surface area (Å²) in [6.07, 6.45) is 1.45. The van der Waals surface area contributed by atoms with Crippen LogP contribution >= 0.6 is 58.8 Å². The summed E-state index contributed by atoms with van der Waals surface area (Å²) in [7, 11) is 0.